The Bertz CT molecular complexity index is 4520. The van der Waals surface area contributed by atoms with Crippen LogP contribution in [-0.2, 0) is 60.1 Å². The van der Waals surface area contributed by atoms with E-state index in [0.717, 1.165) is 36.4 Å². The van der Waals surface area contributed by atoms with Crippen LogP contribution >= 0.6 is 0 Å². The van der Waals surface area contributed by atoms with Crippen LogP contribution in [0.15, 0.2) is 97.9 Å². The van der Waals surface area contributed by atoms with Gasteiger partial charge in [0, 0.05) is 23.6 Å². The number of hydrogen-bond donors (Lipinski definition) is 8. The lowest BCUT2D eigenvalue weighted by Gasteiger charge is -2.25. The maximum Gasteiger partial charge on any atom is 0.323 e. The van der Waals surface area contributed by atoms with Crippen LogP contribution in [0.5, 0.6) is 46.0 Å². The van der Waals surface area contributed by atoms with Crippen molar-refractivity contribution in [3.8, 4) is 46.0 Å². The van der Waals surface area contributed by atoms with Crippen LogP contribution in [0.4, 0.5) is 50.3 Å². The van der Waals surface area contributed by atoms with Crippen molar-refractivity contribution in [1.82, 2.24) is 0 Å². The zero-order valence-electron chi connectivity index (χ0n) is 38.2. The number of fused-ring (bicyclic) bond motifs is 8. The van der Waals surface area contributed by atoms with Gasteiger partial charge in [0.2, 0.25) is 0 Å². The number of nitrogens with one attached hydrogen (secondary N) is 2. The maximum atomic E-state index is 13.8. The predicted molar refractivity (Wildman–Crippen MR) is 259 cm³/mol. The summed E-state index contributed by atoms with van der Waals surface area (Å²) in [4.78, 5) is 25.3. The van der Waals surface area contributed by atoms with Crippen molar-refractivity contribution in [3.05, 3.63) is 81.1 Å². The Kier molecular flexibility index (Phi) is 11.2. The topological polar surface area (TPSA) is 465 Å². The molecule has 10 rings (SSSR count). The number of anilines is 4. The molecule has 0 saturated heterocycles. The summed E-state index contributed by atoms with van der Waals surface area (Å²) in [5, 5.41) is 2.57. The average Bonchev–Trinajstić information content (AvgIpc) is 3.27. The van der Waals surface area contributed by atoms with E-state index >= 15 is 0 Å². The average molecular weight is 1160 g/mol. The zero-order valence-corrected chi connectivity index (χ0v) is 43.1. The first-order chi connectivity index (χ1) is 35.0. The molecule has 0 saturated carbocycles. The van der Waals surface area contributed by atoms with Gasteiger partial charge < -0.3 is 41.0 Å². The number of nitrogen functional groups attached to an aromatic ring is 2. The molecule has 4 heterocycles. The molecule has 29 nitrogen and oxygen atoms in total. The number of carbonyl (C=O) groups is 1. The fraction of sp³-hybridized carbons (Fsp3) is 0.0976. The summed E-state index contributed by atoms with van der Waals surface area (Å²) in [6.07, 6.45) is 1.43. The molecule has 0 unspecified atom stereocenters. The Morgan fingerprint density at radius 1 is 0.408 bits per heavy atom. The maximum absolute atomic E-state index is 13.8. The van der Waals surface area contributed by atoms with E-state index in [0.29, 0.717) is 12.5 Å². The summed E-state index contributed by atoms with van der Waals surface area (Å²) in [6, 6.07) is 6.77. The van der Waals surface area contributed by atoms with Crippen LogP contribution in [-0.4, -0.2) is 87.3 Å². The molecule has 0 bridgehead atoms. The van der Waals surface area contributed by atoms with E-state index in [2.05, 4.69) is 30.6 Å². The van der Waals surface area contributed by atoms with E-state index in [1.165, 1.54) is 26.0 Å². The molecule has 76 heavy (non-hydrogen) atoms. The van der Waals surface area contributed by atoms with Gasteiger partial charge in [0.1, 0.15) is 54.0 Å². The monoisotopic (exact) mass is 1160 g/mol. The molecule has 0 aliphatic carbocycles. The van der Waals surface area contributed by atoms with E-state index in [1.807, 2.05) is 0 Å². The Balaban J connectivity index is 1.06. The Morgan fingerprint density at radius 3 is 0.987 bits per heavy atom. The molecular weight excluding hydrogens is 1130 g/mol. The number of nitrogens with two attached hydrogens (primary N) is 2. The molecule has 0 aromatic heterocycles. The number of rotatable bonds is 8. The van der Waals surface area contributed by atoms with E-state index in [9.17, 15) is 73.5 Å². The number of nitrogens with zero attached hydrogens (tertiary/aromatic N) is 4. The van der Waals surface area contributed by atoms with Crippen LogP contribution in [0.3, 0.4) is 0 Å². The third kappa shape index (κ3) is 8.27. The number of sulfone groups is 2. The van der Waals surface area contributed by atoms with Crippen LogP contribution < -0.4 is 62.5 Å². The lowest BCUT2D eigenvalue weighted by Crippen LogP contribution is -2.29. The molecule has 10 N–H and O–H groups in total. The predicted octanol–water partition coefficient (Wildman–Crippen LogP) is 3.13. The summed E-state index contributed by atoms with van der Waals surface area (Å²) in [7, 11) is -30.2. The summed E-state index contributed by atoms with van der Waals surface area (Å²) in [5.41, 5.74) is 7.45. The minimum Gasteiger partial charge on any atom is -0.451 e. The van der Waals surface area contributed by atoms with Crippen molar-refractivity contribution in [2.24, 2.45) is 20.0 Å². The normalized spacial score (nSPS) is 14.1. The first-order valence-electron chi connectivity index (χ1n) is 20.6. The van der Waals surface area contributed by atoms with Gasteiger partial charge in [0.15, 0.2) is 85.3 Å². The number of benzene rings is 6. The highest BCUT2D eigenvalue weighted by Crippen LogP contribution is 2.50. The highest BCUT2D eigenvalue weighted by Gasteiger charge is 2.39. The number of hydrogen-bond acceptors (Lipinski definition) is 23. The molecular formula is C41H30N8O21S6. The SMILES string of the molecule is Cc1c2c(c(S(C)(=O)=O)c3c1=Nc1ccc(N)c(S(=O)(=O)O)c1O3)=Nc1ccc(NC(=O)Nc3ccc4c(c3S(=O)(=O)O)Oc3c(C)c5c(c(S(C)(=O)=O)c3=N4)Oc3c(ccc(N)c3S(=O)(=O)O)N=5)c(S(=O)(=O)O)c1O2. The summed E-state index contributed by atoms with van der Waals surface area (Å²) in [5.74, 6) is -5.04. The Labute approximate surface area is 426 Å². The van der Waals surface area contributed by atoms with Gasteiger partial charge in [-0.3, -0.25) is 18.2 Å². The van der Waals surface area contributed by atoms with Crippen molar-refractivity contribution in [2.75, 3.05) is 34.6 Å². The molecule has 0 atom stereocenters. The molecule has 2 amide bonds. The van der Waals surface area contributed by atoms with Gasteiger partial charge in [0.25, 0.3) is 40.5 Å². The second kappa shape index (κ2) is 16.6. The molecule has 0 fully saturated rings. The van der Waals surface area contributed by atoms with Gasteiger partial charge in [-0.25, -0.2) is 41.6 Å². The van der Waals surface area contributed by atoms with E-state index in [4.69, 9.17) is 30.4 Å². The second-order valence-electron chi connectivity index (χ2n) is 16.7. The zero-order chi connectivity index (χ0) is 55.5. The summed E-state index contributed by atoms with van der Waals surface area (Å²) < 4.78 is 221. The van der Waals surface area contributed by atoms with Crippen molar-refractivity contribution < 1.29 is 92.5 Å². The molecule has 6 aromatic rings. The molecule has 35 heteroatoms. The van der Waals surface area contributed by atoms with Gasteiger partial charge in [-0.2, -0.15) is 33.7 Å². The molecule has 4 aliphatic rings. The molecule has 0 radical (unpaired) electrons. The van der Waals surface area contributed by atoms with Gasteiger partial charge in [-0.05, 0) is 62.4 Å². The van der Waals surface area contributed by atoms with Crippen LogP contribution in [0.2, 0.25) is 0 Å². The third-order valence-corrected chi connectivity index (χ3v) is 17.5. The quantitative estimate of drug-likeness (QED) is 0.0800. The van der Waals surface area contributed by atoms with Crippen molar-refractivity contribution in [3.63, 3.8) is 0 Å². The fourth-order valence-electron chi connectivity index (χ4n) is 8.54. The van der Waals surface area contributed by atoms with E-state index in [-0.39, 0.29) is 33.2 Å². The lowest BCUT2D eigenvalue weighted by atomic mass is 10.1. The summed E-state index contributed by atoms with van der Waals surface area (Å²) >= 11 is 0. The van der Waals surface area contributed by atoms with Crippen LogP contribution in [0.1, 0.15) is 11.1 Å². The number of amides is 2. The molecule has 6 aromatic carbocycles. The van der Waals surface area contributed by atoms with E-state index < -0.39 is 186 Å². The largest absolute Gasteiger partial charge is 0.451 e. The van der Waals surface area contributed by atoms with E-state index in [1.54, 1.807) is 0 Å². The van der Waals surface area contributed by atoms with Crippen molar-refractivity contribution in [2.45, 2.75) is 43.2 Å². The first-order valence-corrected chi connectivity index (χ1v) is 30.2. The second-order valence-corrected chi connectivity index (χ2v) is 26.1. The standard InChI is InChI=1S/C41H30N8O21S6/c1-13-23-33(69-29-17(44-23)7-5-15(42)35(29)73(55,56)57)39(71(3,51)52)25-27(13)67-31-19(46-25)9-11-21(37(31)75(61,62)63)48-41(50)49-22-12-10-20-32(38(22)76(64,65)66)68-28-14(2)24-34(40(26(28)47-20)72(4,53)54)70-30-18(45-24)8-6-16(43)36(30)74(58,59)60/h5-12H,42-43H2,1-4H3,(H2,48,49,50)(H,55,56,57)(H,58,59,60)(H,61,62,63)(H,64,65,66). The Morgan fingerprint density at radius 2 is 0.684 bits per heavy atom. The fourth-order valence-corrected chi connectivity index (χ4v) is 13.5. The summed E-state index contributed by atoms with van der Waals surface area (Å²) in [6.45, 7) is 2.60. The van der Waals surface area contributed by atoms with Crippen molar-refractivity contribution in [1.29, 1.82) is 0 Å². The van der Waals surface area contributed by atoms with Gasteiger partial charge in [-0.1, -0.05) is 0 Å². The lowest BCUT2D eigenvalue weighted by molar-refractivity contribution is 0.262. The Hall–Kier alpha value is -7.87. The van der Waals surface area contributed by atoms with Gasteiger partial charge in [0.05, 0.1) is 22.7 Å². The number of ether oxygens (including phenoxy) is 4. The van der Waals surface area contributed by atoms with Crippen LogP contribution in [0, 0.1) is 13.8 Å². The van der Waals surface area contributed by atoms with Crippen molar-refractivity contribution >= 4 is 112 Å². The number of urea groups is 1. The third-order valence-electron chi connectivity index (χ3n) is 11.5. The molecule has 4 aliphatic heterocycles. The highest BCUT2D eigenvalue weighted by molar-refractivity contribution is 7.91. The van der Waals surface area contributed by atoms with Gasteiger partial charge >= 0.3 is 6.03 Å². The smallest absolute Gasteiger partial charge is 0.323 e. The molecule has 396 valence electrons. The van der Waals surface area contributed by atoms with Gasteiger partial charge in [-0.15, -0.1) is 0 Å². The highest BCUT2D eigenvalue weighted by atomic mass is 32.2. The minimum atomic E-state index is -5.51. The molecule has 0 spiro atoms. The first kappa shape index (κ1) is 51.6. The minimum absolute atomic E-state index is 0.0997. The van der Waals surface area contributed by atoms with Crippen LogP contribution in [0.25, 0.3) is 0 Å². The number of carbonyl (C=O) groups excluding carboxylic acids is 1.